The summed E-state index contributed by atoms with van der Waals surface area (Å²) >= 11 is 0. The van der Waals surface area contributed by atoms with E-state index < -0.39 is 33.9 Å². The van der Waals surface area contributed by atoms with E-state index in [1.807, 2.05) is 35.1 Å². The number of amides is 4. The van der Waals surface area contributed by atoms with Gasteiger partial charge in [-0.05, 0) is 40.8 Å². The van der Waals surface area contributed by atoms with Crippen LogP contribution in [0.4, 0.5) is 0 Å². The van der Waals surface area contributed by atoms with Crippen LogP contribution in [-0.4, -0.2) is 57.8 Å². The molecular formula is C35H40N4O7S. The lowest BCUT2D eigenvalue weighted by molar-refractivity contribution is -0.132. The molecule has 0 spiro atoms. The third-order valence-electron chi connectivity index (χ3n) is 7.63. The standard InChI is InChI=1S/C35H40N4O7S/c1-3-4-8-19-36-34(42)30(21-25-11-15-27(16-12-25)29-23-47(44,45)39-33(29)41)38-35(43)31(20-24-9-6-5-7-10-24)37-32(40)22-26-13-17-28(46-2)18-14-26/h5-7,9-18,23,30-31H,3-4,8,19-22H2,1-2H3,(H,36,42)(H,37,40)(H,38,43)(H,39,41)/t30-,31-/m0/s1. The van der Waals surface area contributed by atoms with Gasteiger partial charge in [-0.1, -0.05) is 86.5 Å². The number of carbonyl (C=O) groups is 4. The number of hydrogen-bond acceptors (Lipinski definition) is 7. The fourth-order valence-corrected chi connectivity index (χ4v) is 6.08. The zero-order valence-corrected chi connectivity index (χ0v) is 27.3. The summed E-state index contributed by atoms with van der Waals surface area (Å²) in [4.78, 5) is 52.4. The average molecular weight is 661 g/mol. The number of methoxy groups -OCH3 is 1. The summed E-state index contributed by atoms with van der Waals surface area (Å²) < 4.78 is 30.6. The predicted molar refractivity (Wildman–Crippen MR) is 178 cm³/mol. The van der Waals surface area contributed by atoms with Crippen LogP contribution in [0.25, 0.3) is 5.57 Å². The van der Waals surface area contributed by atoms with E-state index in [4.69, 9.17) is 4.74 Å². The minimum Gasteiger partial charge on any atom is -0.497 e. The van der Waals surface area contributed by atoms with Crippen molar-refractivity contribution in [1.82, 2.24) is 20.7 Å². The van der Waals surface area contributed by atoms with Gasteiger partial charge < -0.3 is 20.7 Å². The van der Waals surface area contributed by atoms with E-state index in [0.717, 1.165) is 35.8 Å². The van der Waals surface area contributed by atoms with Crippen LogP contribution in [0.3, 0.4) is 0 Å². The van der Waals surface area contributed by atoms with Crippen LogP contribution in [-0.2, 0) is 48.5 Å². The van der Waals surface area contributed by atoms with Gasteiger partial charge >= 0.3 is 0 Å². The Bertz CT molecular complexity index is 1690. The van der Waals surface area contributed by atoms with Gasteiger partial charge in [-0.2, -0.15) is 0 Å². The van der Waals surface area contributed by atoms with Gasteiger partial charge in [-0.3, -0.25) is 19.2 Å². The van der Waals surface area contributed by atoms with Crippen molar-refractivity contribution >= 4 is 39.2 Å². The molecule has 248 valence electrons. The Kier molecular flexibility index (Phi) is 12.3. The Hall–Kier alpha value is -4.97. The van der Waals surface area contributed by atoms with Crippen LogP contribution in [0.1, 0.15) is 48.4 Å². The second-order valence-electron chi connectivity index (χ2n) is 11.3. The highest BCUT2D eigenvalue weighted by Crippen LogP contribution is 2.22. The lowest BCUT2D eigenvalue weighted by Gasteiger charge is -2.24. The van der Waals surface area contributed by atoms with Gasteiger partial charge in [0.05, 0.1) is 24.5 Å². The maximum atomic E-state index is 13.8. The molecule has 1 aliphatic heterocycles. The van der Waals surface area contributed by atoms with Gasteiger partial charge in [0.1, 0.15) is 17.8 Å². The SMILES string of the molecule is CCCCCNC(=O)[C@H](Cc1ccc(C2=CS(=O)(=O)NC2=O)cc1)NC(=O)[C@H](Cc1ccccc1)NC(=O)Cc1ccc(OC)cc1. The summed E-state index contributed by atoms with van der Waals surface area (Å²) in [6.45, 7) is 2.51. The Labute approximate surface area is 275 Å². The Morgan fingerprint density at radius 2 is 1.40 bits per heavy atom. The van der Waals surface area contributed by atoms with Crippen LogP contribution >= 0.6 is 0 Å². The topological polar surface area (TPSA) is 160 Å². The number of ether oxygens (including phenoxy) is 1. The van der Waals surface area contributed by atoms with Crippen molar-refractivity contribution in [2.24, 2.45) is 0 Å². The van der Waals surface area contributed by atoms with Gasteiger partial charge in [-0.25, -0.2) is 13.1 Å². The highest BCUT2D eigenvalue weighted by atomic mass is 32.2. The molecule has 4 rings (SSSR count). The van der Waals surface area contributed by atoms with Crippen LogP contribution in [0, 0.1) is 0 Å². The quantitative estimate of drug-likeness (QED) is 0.172. The maximum Gasteiger partial charge on any atom is 0.266 e. The lowest BCUT2D eigenvalue weighted by Crippen LogP contribution is -2.55. The Balaban J connectivity index is 1.52. The van der Waals surface area contributed by atoms with Crippen molar-refractivity contribution < 1.29 is 32.3 Å². The number of carbonyl (C=O) groups excluding carboxylic acids is 4. The minimum absolute atomic E-state index is 0.0178. The summed E-state index contributed by atoms with van der Waals surface area (Å²) in [5.41, 5.74) is 2.68. The third-order valence-corrected chi connectivity index (χ3v) is 8.64. The number of nitrogens with one attached hydrogen (secondary N) is 4. The molecule has 0 saturated carbocycles. The fourth-order valence-electron chi connectivity index (χ4n) is 5.10. The van der Waals surface area contributed by atoms with Crippen molar-refractivity contribution in [2.45, 2.75) is 57.5 Å². The van der Waals surface area contributed by atoms with Gasteiger partial charge in [0, 0.05) is 19.4 Å². The number of unbranched alkanes of at least 4 members (excludes halogenated alkanes) is 2. The molecule has 1 aliphatic rings. The summed E-state index contributed by atoms with van der Waals surface area (Å²) in [7, 11) is -2.26. The van der Waals surface area contributed by atoms with E-state index >= 15 is 0 Å². The van der Waals surface area contributed by atoms with E-state index in [-0.39, 0.29) is 36.6 Å². The highest BCUT2D eigenvalue weighted by molar-refractivity contribution is 7.93. The first-order valence-corrected chi connectivity index (χ1v) is 17.0. The first-order chi connectivity index (χ1) is 22.6. The molecule has 0 saturated heterocycles. The first kappa shape index (κ1) is 34.9. The third kappa shape index (κ3) is 10.5. The summed E-state index contributed by atoms with van der Waals surface area (Å²) in [5, 5.41) is 9.50. The second kappa shape index (κ2) is 16.5. The monoisotopic (exact) mass is 660 g/mol. The van der Waals surface area contributed by atoms with E-state index in [0.29, 0.717) is 23.4 Å². The number of benzene rings is 3. The van der Waals surface area contributed by atoms with Crippen LogP contribution in [0.15, 0.2) is 84.3 Å². The van der Waals surface area contributed by atoms with Gasteiger partial charge in [0.25, 0.3) is 15.9 Å². The van der Waals surface area contributed by atoms with Crippen molar-refractivity contribution in [1.29, 1.82) is 0 Å². The number of hydrogen-bond donors (Lipinski definition) is 4. The van der Waals surface area contributed by atoms with Gasteiger partial charge in [0.15, 0.2) is 0 Å². The molecule has 11 nitrogen and oxygen atoms in total. The molecule has 0 fully saturated rings. The highest BCUT2D eigenvalue weighted by Gasteiger charge is 2.29. The fraction of sp³-hybridized carbons (Fsp3) is 0.314. The minimum atomic E-state index is -3.82. The van der Waals surface area contributed by atoms with E-state index in [9.17, 15) is 27.6 Å². The van der Waals surface area contributed by atoms with E-state index in [1.165, 1.54) is 0 Å². The molecule has 0 radical (unpaired) electrons. The predicted octanol–water partition coefficient (Wildman–Crippen LogP) is 2.80. The Morgan fingerprint density at radius 3 is 2.00 bits per heavy atom. The zero-order valence-electron chi connectivity index (χ0n) is 26.5. The molecular weight excluding hydrogens is 620 g/mol. The molecule has 0 aliphatic carbocycles. The summed E-state index contributed by atoms with van der Waals surface area (Å²) in [6.07, 6.45) is 3.09. The Morgan fingerprint density at radius 1 is 0.787 bits per heavy atom. The molecule has 3 aromatic rings. The molecule has 0 bridgehead atoms. The molecule has 4 amide bonds. The second-order valence-corrected chi connectivity index (χ2v) is 12.8. The number of sulfonamides is 1. The van der Waals surface area contributed by atoms with Crippen LogP contribution < -0.4 is 25.4 Å². The number of rotatable bonds is 16. The van der Waals surface area contributed by atoms with Crippen molar-refractivity contribution in [2.75, 3.05) is 13.7 Å². The first-order valence-electron chi connectivity index (χ1n) is 15.5. The van der Waals surface area contributed by atoms with E-state index in [1.54, 1.807) is 55.6 Å². The largest absolute Gasteiger partial charge is 0.497 e. The molecule has 4 N–H and O–H groups in total. The molecule has 47 heavy (non-hydrogen) atoms. The maximum absolute atomic E-state index is 13.8. The average Bonchev–Trinajstić information content (AvgIpc) is 3.35. The molecule has 0 unspecified atom stereocenters. The summed E-state index contributed by atoms with van der Waals surface area (Å²) in [6, 6.07) is 21.0. The molecule has 12 heteroatoms. The smallest absolute Gasteiger partial charge is 0.266 e. The van der Waals surface area contributed by atoms with Crippen LogP contribution in [0.2, 0.25) is 0 Å². The summed E-state index contributed by atoms with van der Waals surface area (Å²) in [5.74, 6) is -1.29. The molecule has 2 atom stereocenters. The van der Waals surface area contributed by atoms with Gasteiger partial charge in [-0.15, -0.1) is 0 Å². The van der Waals surface area contributed by atoms with E-state index in [2.05, 4.69) is 22.9 Å². The van der Waals surface area contributed by atoms with Crippen molar-refractivity contribution in [3.63, 3.8) is 0 Å². The molecule has 1 heterocycles. The zero-order chi connectivity index (χ0) is 33.8. The van der Waals surface area contributed by atoms with Crippen molar-refractivity contribution in [3.05, 3.63) is 107 Å². The molecule has 3 aromatic carbocycles. The van der Waals surface area contributed by atoms with Gasteiger partial charge in [0.2, 0.25) is 17.7 Å². The molecule has 0 aromatic heterocycles. The normalized spacial score (nSPS) is 14.7. The van der Waals surface area contributed by atoms with Crippen molar-refractivity contribution in [3.8, 4) is 5.75 Å². The lowest BCUT2D eigenvalue weighted by atomic mass is 9.99. The van der Waals surface area contributed by atoms with Crippen LogP contribution in [0.5, 0.6) is 5.75 Å².